The minimum atomic E-state index is -0.425. The molecule has 1 atom stereocenters. The molecule has 0 saturated carbocycles. The molecule has 92 valence electrons. The zero-order valence-electron chi connectivity index (χ0n) is 10.3. The van der Waals surface area contributed by atoms with E-state index in [9.17, 15) is 5.11 Å². The molecule has 2 aromatic heterocycles. The van der Waals surface area contributed by atoms with Crippen molar-refractivity contribution in [2.45, 2.75) is 26.5 Å². The third-order valence-corrected chi connectivity index (χ3v) is 2.62. The van der Waals surface area contributed by atoms with E-state index >= 15 is 0 Å². The Labute approximate surface area is 99.9 Å². The Hall–Kier alpha value is -1.69. The van der Waals surface area contributed by atoms with Gasteiger partial charge in [-0.1, -0.05) is 13.8 Å². The summed E-state index contributed by atoms with van der Waals surface area (Å²) in [6.45, 7) is 4.55. The normalized spacial score (nSPS) is 13.2. The molecule has 0 aliphatic carbocycles. The second kappa shape index (κ2) is 4.67. The molecule has 6 nitrogen and oxygen atoms in total. The Kier molecular flexibility index (Phi) is 3.23. The van der Waals surface area contributed by atoms with Gasteiger partial charge in [0.05, 0.1) is 19.7 Å². The Morgan fingerprint density at radius 3 is 2.76 bits per heavy atom. The van der Waals surface area contributed by atoms with Gasteiger partial charge in [-0.05, 0) is 22.8 Å². The van der Waals surface area contributed by atoms with Crippen LogP contribution in [0.15, 0.2) is 18.5 Å². The predicted octanol–water partition coefficient (Wildman–Crippen LogP) is 0.749. The van der Waals surface area contributed by atoms with E-state index in [1.54, 1.807) is 7.05 Å². The highest BCUT2D eigenvalue weighted by Gasteiger charge is 2.13. The van der Waals surface area contributed by atoms with Crippen molar-refractivity contribution in [2.24, 2.45) is 13.0 Å². The molecule has 0 aromatic carbocycles. The Balaban J connectivity index is 2.08. The SMILES string of the molecule is CC(C)C(O)c1ccn(Cc2nnn(C)n2)c1. The van der Waals surface area contributed by atoms with Crippen LogP contribution in [0.1, 0.15) is 31.3 Å². The number of nitrogens with zero attached hydrogens (tertiary/aromatic N) is 5. The van der Waals surface area contributed by atoms with Crippen molar-refractivity contribution in [2.75, 3.05) is 0 Å². The molecule has 6 heteroatoms. The number of tetrazole rings is 1. The van der Waals surface area contributed by atoms with Crippen LogP contribution in [0.5, 0.6) is 0 Å². The van der Waals surface area contributed by atoms with Gasteiger partial charge in [0.15, 0.2) is 5.82 Å². The van der Waals surface area contributed by atoms with E-state index in [4.69, 9.17) is 0 Å². The number of aryl methyl sites for hydroxylation is 1. The Morgan fingerprint density at radius 1 is 1.41 bits per heavy atom. The minimum absolute atomic E-state index is 0.209. The lowest BCUT2D eigenvalue weighted by molar-refractivity contribution is 0.127. The number of hydrogen-bond acceptors (Lipinski definition) is 4. The first kappa shape index (κ1) is 11.8. The van der Waals surface area contributed by atoms with E-state index in [0.29, 0.717) is 12.4 Å². The largest absolute Gasteiger partial charge is 0.388 e. The van der Waals surface area contributed by atoms with Gasteiger partial charge >= 0.3 is 0 Å². The van der Waals surface area contributed by atoms with Gasteiger partial charge in [-0.15, -0.1) is 10.2 Å². The fourth-order valence-electron chi connectivity index (χ4n) is 1.67. The molecule has 1 unspecified atom stereocenters. The second-order valence-electron chi connectivity index (χ2n) is 4.50. The van der Waals surface area contributed by atoms with E-state index in [2.05, 4.69) is 15.4 Å². The van der Waals surface area contributed by atoms with Crippen LogP contribution in [0.2, 0.25) is 0 Å². The summed E-state index contributed by atoms with van der Waals surface area (Å²) in [5.74, 6) is 0.870. The average Bonchev–Trinajstić information content (AvgIpc) is 2.87. The molecule has 0 radical (unpaired) electrons. The third-order valence-electron chi connectivity index (χ3n) is 2.62. The lowest BCUT2D eigenvalue weighted by Crippen LogP contribution is -2.05. The van der Waals surface area contributed by atoms with Crippen molar-refractivity contribution in [1.29, 1.82) is 0 Å². The molecule has 17 heavy (non-hydrogen) atoms. The number of hydrogen-bond donors (Lipinski definition) is 1. The van der Waals surface area contributed by atoms with Crippen molar-refractivity contribution in [1.82, 2.24) is 24.8 Å². The van der Waals surface area contributed by atoms with Crippen molar-refractivity contribution in [3.05, 3.63) is 29.8 Å². The van der Waals surface area contributed by atoms with Crippen LogP contribution in [0.4, 0.5) is 0 Å². The fraction of sp³-hybridized carbons (Fsp3) is 0.545. The number of aromatic nitrogens is 5. The summed E-state index contributed by atoms with van der Waals surface area (Å²) in [4.78, 5) is 1.43. The van der Waals surface area contributed by atoms with E-state index in [1.165, 1.54) is 4.80 Å². The molecule has 2 heterocycles. The van der Waals surface area contributed by atoms with Crippen LogP contribution in [0.25, 0.3) is 0 Å². The predicted molar refractivity (Wildman–Crippen MR) is 62.1 cm³/mol. The Morgan fingerprint density at radius 2 is 2.18 bits per heavy atom. The maximum atomic E-state index is 9.92. The lowest BCUT2D eigenvalue weighted by atomic mass is 10.0. The first-order valence-electron chi connectivity index (χ1n) is 5.63. The van der Waals surface area contributed by atoms with Gasteiger partial charge in [-0.25, -0.2) is 0 Å². The maximum absolute atomic E-state index is 9.92. The first-order chi connectivity index (χ1) is 8.06. The molecule has 2 rings (SSSR count). The zero-order chi connectivity index (χ0) is 12.4. The number of aliphatic hydroxyl groups excluding tert-OH is 1. The number of aliphatic hydroxyl groups is 1. The molecular weight excluding hydrogens is 218 g/mol. The first-order valence-corrected chi connectivity index (χ1v) is 5.63. The summed E-state index contributed by atoms with van der Waals surface area (Å²) in [5, 5.41) is 21.7. The van der Waals surface area contributed by atoms with Crippen LogP contribution in [-0.2, 0) is 13.6 Å². The van der Waals surface area contributed by atoms with Gasteiger partial charge < -0.3 is 9.67 Å². The van der Waals surface area contributed by atoms with Crippen molar-refractivity contribution in [3.63, 3.8) is 0 Å². The van der Waals surface area contributed by atoms with Crippen LogP contribution in [0.3, 0.4) is 0 Å². The van der Waals surface area contributed by atoms with Crippen LogP contribution >= 0.6 is 0 Å². The van der Waals surface area contributed by atoms with Gasteiger partial charge in [0.25, 0.3) is 0 Å². The van der Waals surface area contributed by atoms with Crippen molar-refractivity contribution >= 4 is 0 Å². The summed E-state index contributed by atoms with van der Waals surface area (Å²) < 4.78 is 1.94. The maximum Gasteiger partial charge on any atom is 0.194 e. The molecule has 0 aliphatic rings. The summed E-state index contributed by atoms with van der Waals surface area (Å²) in [7, 11) is 1.74. The fourth-order valence-corrected chi connectivity index (χ4v) is 1.67. The van der Waals surface area contributed by atoms with E-state index < -0.39 is 6.10 Å². The molecule has 1 N–H and O–H groups in total. The van der Waals surface area contributed by atoms with Gasteiger partial charge in [-0.3, -0.25) is 0 Å². The molecule has 0 bridgehead atoms. The molecule has 0 saturated heterocycles. The third kappa shape index (κ3) is 2.71. The topological polar surface area (TPSA) is 68.8 Å². The Bertz CT molecular complexity index is 488. The number of rotatable bonds is 4. The average molecular weight is 235 g/mol. The van der Waals surface area contributed by atoms with Crippen LogP contribution in [-0.4, -0.2) is 29.9 Å². The molecular formula is C11H17N5O. The molecule has 0 fully saturated rings. The quantitative estimate of drug-likeness (QED) is 0.849. The highest BCUT2D eigenvalue weighted by atomic mass is 16.3. The zero-order valence-corrected chi connectivity index (χ0v) is 10.3. The van der Waals surface area contributed by atoms with Gasteiger partial charge in [0.2, 0.25) is 0 Å². The van der Waals surface area contributed by atoms with E-state index in [1.807, 2.05) is 36.9 Å². The molecule has 2 aromatic rings. The van der Waals surface area contributed by atoms with Crippen LogP contribution < -0.4 is 0 Å². The minimum Gasteiger partial charge on any atom is -0.388 e. The van der Waals surface area contributed by atoms with E-state index in [0.717, 1.165) is 5.56 Å². The van der Waals surface area contributed by atoms with Gasteiger partial charge in [-0.2, -0.15) is 4.80 Å². The summed E-state index contributed by atoms with van der Waals surface area (Å²) in [6.07, 6.45) is 3.41. The molecule has 0 spiro atoms. The highest BCUT2D eigenvalue weighted by Crippen LogP contribution is 2.21. The van der Waals surface area contributed by atoms with E-state index in [-0.39, 0.29) is 5.92 Å². The standard InChI is InChI=1S/C11H17N5O/c1-8(2)11(17)9-4-5-16(6-9)7-10-12-14-15(3)13-10/h4-6,8,11,17H,7H2,1-3H3. The van der Waals surface area contributed by atoms with Crippen molar-refractivity contribution < 1.29 is 5.11 Å². The molecule has 0 amide bonds. The summed E-state index contributed by atoms with van der Waals surface area (Å²) in [6, 6.07) is 1.92. The molecule has 0 aliphatic heterocycles. The monoisotopic (exact) mass is 235 g/mol. The van der Waals surface area contributed by atoms with Gasteiger partial charge in [0, 0.05) is 12.4 Å². The second-order valence-corrected chi connectivity index (χ2v) is 4.50. The lowest BCUT2D eigenvalue weighted by Gasteiger charge is -2.12. The highest BCUT2D eigenvalue weighted by molar-refractivity contribution is 5.14. The van der Waals surface area contributed by atoms with Crippen molar-refractivity contribution in [3.8, 4) is 0 Å². The van der Waals surface area contributed by atoms with Gasteiger partial charge in [0.1, 0.15) is 0 Å². The smallest absolute Gasteiger partial charge is 0.194 e. The van der Waals surface area contributed by atoms with Crippen LogP contribution in [0, 0.1) is 5.92 Å². The summed E-state index contributed by atoms with van der Waals surface area (Å²) in [5.41, 5.74) is 0.920. The summed E-state index contributed by atoms with van der Waals surface area (Å²) >= 11 is 0.